The van der Waals surface area contributed by atoms with Crippen molar-refractivity contribution in [1.29, 1.82) is 0 Å². The Morgan fingerprint density at radius 3 is 2.81 bits per heavy atom. The molecule has 0 unspecified atom stereocenters. The molecule has 8 heteroatoms. The van der Waals surface area contributed by atoms with E-state index < -0.39 is 0 Å². The van der Waals surface area contributed by atoms with Crippen molar-refractivity contribution in [2.45, 2.75) is 24.3 Å². The number of aryl methyl sites for hydroxylation is 1. The third kappa shape index (κ3) is 2.66. The molecular weight excluding hydrogens is 452 g/mol. The number of benzene rings is 1. The van der Waals surface area contributed by atoms with Crippen molar-refractivity contribution >= 4 is 55.9 Å². The number of anilines is 1. The van der Waals surface area contributed by atoms with Crippen molar-refractivity contribution < 1.29 is 14.3 Å². The van der Waals surface area contributed by atoms with Crippen LogP contribution in [-0.2, 0) is 14.3 Å². The summed E-state index contributed by atoms with van der Waals surface area (Å²) in [5.41, 5.74) is 1.79. The van der Waals surface area contributed by atoms with Gasteiger partial charge < -0.3 is 10.1 Å². The molecule has 1 amide bonds. The summed E-state index contributed by atoms with van der Waals surface area (Å²) in [7, 11) is 0. The van der Waals surface area contributed by atoms with E-state index in [2.05, 4.69) is 26.2 Å². The molecule has 2 heterocycles. The molecule has 1 aromatic carbocycles. The van der Waals surface area contributed by atoms with E-state index >= 15 is 0 Å². The summed E-state index contributed by atoms with van der Waals surface area (Å²) in [5.74, 6) is -0.740. The Labute approximate surface area is 173 Å². The second-order valence-electron chi connectivity index (χ2n) is 7.38. The Morgan fingerprint density at radius 1 is 1.33 bits per heavy atom. The Balaban J connectivity index is 1.38. The first-order chi connectivity index (χ1) is 12.9. The summed E-state index contributed by atoms with van der Waals surface area (Å²) in [6, 6.07) is 7.47. The number of rotatable bonds is 3. The van der Waals surface area contributed by atoms with Crippen LogP contribution < -0.4 is 5.32 Å². The summed E-state index contributed by atoms with van der Waals surface area (Å²) in [5, 5.41) is 4.17. The van der Waals surface area contributed by atoms with Crippen LogP contribution in [0.1, 0.15) is 11.3 Å². The molecule has 27 heavy (non-hydrogen) atoms. The minimum absolute atomic E-state index is 0.0589. The van der Waals surface area contributed by atoms with Gasteiger partial charge in [0.15, 0.2) is 5.13 Å². The molecule has 1 saturated heterocycles. The lowest BCUT2D eigenvalue weighted by Gasteiger charge is -2.27. The third-order valence-electron chi connectivity index (χ3n) is 5.97. The third-order valence-corrected chi connectivity index (χ3v) is 8.31. The lowest BCUT2D eigenvalue weighted by molar-refractivity contribution is -0.145. The summed E-state index contributed by atoms with van der Waals surface area (Å²) in [6.07, 6.45) is 0.789. The monoisotopic (exact) mass is 466 g/mol. The van der Waals surface area contributed by atoms with Crippen molar-refractivity contribution in [2.24, 2.45) is 23.7 Å². The van der Waals surface area contributed by atoms with Gasteiger partial charge in [-0.1, -0.05) is 39.7 Å². The minimum atomic E-state index is -0.353. The van der Waals surface area contributed by atoms with Crippen molar-refractivity contribution in [3.05, 3.63) is 34.2 Å². The van der Waals surface area contributed by atoms with E-state index in [0.29, 0.717) is 10.2 Å². The number of hydrogen-bond acceptors (Lipinski definition) is 5. The standard InChI is InChI=1S/C19H16BrClN2O3S/c1-7-15(8-2-4-9(21)5-3-8)22-19(27-7)23-17(24)12-10-6-11-13(12)18(25)26-16(11)14(10)20/h2-5,10-14,16H,6H2,1H3,(H,22,23,24)/t10-,11+,12-,13-,14+,16-/m0/s1. The van der Waals surface area contributed by atoms with Crippen LogP contribution in [0.3, 0.4) is 0 Å². The van der Waals surface area contributed by atoms with Crippen LogP contribution in [0.15, 0.2) is 24.3 Å². The quantitative estimate of drug-likeness (QED) is 0.540. The van der Waals surface area contributed by atoms with Crippen LogP contribution in [0.25, 0.3) is 11.3 Å². The van der Waals surface area contributed by atoms with Crippen molar-refractivity contribution in [3.8, 4) is 11.3 Å². The SMILES string of the molecule is Cc1sc(NC(=O)[C@H]2[C@@H]3C[C@H]4[C@H](OC(=O)[C@@H]42)[C@@H]3Br)nc1-c1ccc(Cl)cc1. The Hall–Kier alpha value is -1.44. The van der Waals surface area contributed by atoms with Crippen LogP contribution in [0.5, 0.6) is 0 Å². The van der Waals surface area contributed by atoms with E-state index in [4.69, 9.17) is 16.3 Å². The molecule has 6 atom stereocenters. The molecule has 3 aliphatic rings. The number of halogens is 2. The summed E-state index contributed by atoms with van der Waals surface area (Å²) in [6.45, 7) is 1.97. The molecule has 1 N–H and O–H groups in total. The van der Waals surface area contributed by atoms with E-state index in [1.165, 1.54) is 11.3 Å². The highest BCUT2D eigenvalue weighted by Gasteiger charge is 2.67. The van der Waals surface area contributed by atoms with Gasteiger partial charge in [-0.05, 0) is 31.4 Å². The van der Waals surface area contributed by atoms with Crippen molar-refractivity contribution in [2.75, 3.05) is 5.32 Å². The summed E-state index contributed by atoms with van der Waals surface area (Å²) >= 11 is 11.0. The topological polar surface area (TPSA) is 68.3 Å². The van der Waals surface area contributed by atoms with Crippen LogP contribution in [0.4, 0.5) is 5.13 Å². The molecule has 5 nitrogen and oxygen atoms in total. The molecule has 2 bridgehead atoms. The van der Waals surface area contributed by atoms with Crippen molar-refractivity contribution in [3.63, 3.8) is 0 Å². The molecule has 3 fully saturated rings. The van der Waals surface area contributed by atoms with Crippen LogP contribution in [-0.4, -0.2) is 27.8 Å². The number of aromatic nitrogens is 1. The lowest BCUT2D eigenvalue weighted by Crippen LogP contribution is -2.40. The maximum Gasteiger partial charge on any atom is 0.310 e. The first-order valence-corrected chi connectivity index (χ1v) is 10.9. The van der Waals surface area contributed by atoms with Crippen molar-refractivity contribution in [1.82, 2.24) is 4.98 Å². The number of esters is 1. The zero-order chi connectivity index (χ0) is 18.9. The second-order valence-corrected chi connectivity index (χ2v) is 10.1. The highest BCUT2D eigenvalue weighted by atomic mass is 79.9. The number of alkyl halides is 1. The Kier molecular flexibility index (Phi) is 4.11. The predicted octanol–water partition coefficient (Wildman–Crippen LogP) is 4.28. The van der Waals surface area contributed by atoms with E-state index in [0.717, 1.165) is 22.6 Å². The van der Waals surface area contributed by atoms with Gasteiger partial charge in [0.25, 0.3) is 0 Å². The van der Waals surface area contributed by atoms with Gasteiger partial charge in [-0.2, -0.15) is 0 Å². The number of amides is 1. The smallest absolute Gasteiger partial charge is 0.310 e. The highest BCUT2D eigenvalue weighted by Crippen LogP contribution is 2.60. The van der Waals surface area contributed by atoms with E-state index in [9.17, 15) is 9.59 Å². The van der Waals surface area contributed by atoms with Gasteiger partial charge in [0.2, 0.25) is 5.91 Å². The number of carbonyl (C=O) groups excluding carboxylic acids is 2. The Morgan fingerprint density at radius 2 is 2.07 bits per heavy atom. The number of hydrogen-bond donors (Lipinski definition) is 1. The van der Waals surface area contributed by atoms with E-state index in [1.54, 1.807) is 0 Å². The number of fused-ring (bicyclic) bond motifs is 1. The number of thiazole rings is 1. The molecule has 1 aliphatic heterocycles. The predicted molar refractivity (Wildman–Crippen MR) is 107 cm³/mol. The van der Waals surface area contributed by atoms with Gasteiger partial charge in [0.1, 0.15) is 6.10 Å². The maximum atomic E-state index is 13.0. The van der Waals surface area contributed by atoms with Gasteiger partial charge >= 0.3 is 5.97 Å². The van der Waals surface area contributed by atoms with Gasteiger partial charge in [-0.25, -0.2) is 4.98 Å². The minimum Gasteiger partial charge on any atom is -0.461 e. The Bertz CT molecular complexity index is 947. The van der Waals surface area contributed by atoms with E-state index in [-0.39, 0.29) is 46.5 Å². The molecule has 140 valence electrons. The first kappa shape index (κ1) is 17.6. The van der Waals surface area contributed by atoms with Crippen LogP contribution in [0.2, 0.25) is 5.02 Å². The normalized spacial score (nSPS) is 33.4. The average molecular weight is 468 g/mol. The largest absolute Gasteiger partial charge is 0.461 e. The molecule has 2 aliphatic carbocycles. The summed E-state index contributed by atoms with van der Waals surface area (Å²) in [4.78, 5) is 30.9. The number of nitrogens with one attached hydrogen (secondary N) is 1. The summed E-state index contributed by atoms with van der Waals surface area (Å²) < 4.78 is 5.48. The molecule has 2 saturated carbocycles. The zero-order valence-corrected chi connectivity index (χ0v) is 17.5. The highest BCUT2D eigenvalue weighted by molar-refractivity contribution is 9.09. The maximum absolute atomic E-state index is 13.0. The molecule has 5 rings (SSSR count). The van der Waals surface area contributed by atoms with Gasteiger partial charge in [0, 0.05) is 21.4 Å². The second kappa shape index (κ2) is 6.29. The fourth-order valence-corrected chi connectivity index (χ4v) is 6.85. The van der Waals surface area contributed by atoms with Gasteiger partial charge in [-0.3, -0.25) is 9.59 Å². The van der Waals surface area contributed by atoms with E-state index in [1.807, 2.05) is 31.2 Å². The van der Waals surface area contributed by atoms with Gasteiger partial charge in [0.05, 0.1) is 22.4 Å². The zero-order valence-electron chi connectivity index (χ0n) is 14.3. The molecule has 0 radical (unpaired) electrons. The number of nitrogens with zero attached hydrogens (tertiary/aromatic N) is 1. The van der Waals surface area contributed by atoms with Crippen LogP contribution in [0, 0.1) is 30.6 Å². The number of carbonyl (C=O) groups is 2. The fraction of sp³-hybridized carbons (Fsp3) is 0.421. The molecule has 0 spiro atoms. The van der Waals surface area contributed by atoms with Gasteiger partial charge in [-0.15, -0.1) is 11.3 Å². The van der Waals surface area contributed by atoms with Crippen LogP contribution >= 0.6 is 38.9 Å². The molecular formula is C19H16BrClN2O3S. The molecule has 1 aromatic heterocycles. The molecule has 2 aromatic rings. The first-order valence-electron chi connectivity index (χ1n) is 8.83. The number of ether oxygens (including phenoxy) is 1. The lowest BCUT2D eigenvalue weighted by atomic mass is 9.79. The average Bonchev–Trinajstić information content (AvgIpc) is 3.33. The fourth-order valence-electron chi connectivity index (χ4n) is 4.84.